The van der Waals surface area contributed by atoms with Crippen molar-refractivity contribution in [3.05, 3.63) is 35.4 Å². The Hall–Kier alpha value is -1.55. The largest absolute Gasteiger partial charge is 0.444 e. The van der Waals surface area contributed by atoms with Crippen molar-refractivity contribution in [2.75, 3.05) is 13.1 Å². The van der Waals surface area contributed by atoms with Crippen molar-refractivity contribution < 1.29 is 9.53 Å². The fourth-order valence-electron chi connectivity index (χ4n) is 3.66. The Labute approximate surface area is 151 Å². The second-order valence-corrected chi connectivity index (χ2v) is 8.63. The van der Waals surface area contributed by atoms with Crippen LogP contribution < -0.4 is 5.32 Å². The van der Waals surface area contributed by atoms with Gasteiger partial charge in [-0.2, -0.15) is 0 Å². The lowest BCUT2D eigenvalue weighted by atomic mass is 9.92. The van der Waals surface area contributed by atoms with Crippen LogP contribution >= 0.6 is 0 Å². The van der Waals surface area contributed by atoms with Crippen LogP contribution in [-0.4, -0.2) is 35.7 Å². The number of fused-ring (bicyclic) bond motifs is 1. The van der Waals surface area contributed by atoms with Crippen molar-refractivity contribution in [2.24, 2.45) is 5.92 Å². The first-order valence-corrected chi connectivity index (χ1v) is 9.64. The quantitative estimate of drug-likeness (QED) is 0.866. The van der Waals surface area contributed by atoms with E-state index in [2.05, 4.69) is 36.5 Å². The van der Waals surface area contributed by atoms with Gasteiger partial charge in [0.15, 0.2) is 0 Å². The topological polar surface area (TPSA) is 41.6 Å². The number of carbonyl (C=O) groups is 1. The Morgan fingerprint density at radius 2 is 2.04 bits per heavy atom. The van der Waals surface area contributed by atoms with Crippen molar-refractivity contribution >= 4 is 6.09 Å². The minimum Gasteiger partial charge on any atom is -0.444 e. The molecule has 0 radical (unpaired) electrons. The van der Waals surface area contributed by atoms with E-state index in [1.165, 1.54) is 30.4 Å². The lowest BCUT2D eigenvalue weighted by Crippen LogP contribution is -2.47. The first-order valence-electron chi connectivity index (χ1n) is 9.64. The summed E-state index contributed by atoms with van der Waals surface area (Å²) in [7, 11) is 0. The van der Waals surface area contributed by atoms with Crippen molar-refractivity contribution in [3.63, 3.8) is 0 Å². The van der Waals surface area contributed by atoms with Gasteiger partial charge in [0.1, 0.15) is 5.60 Å². The third-order valence-electron chi connectivity index (χ3n) is 5.08. The Morgan fingerprint density at radius 3 is 2.72 bits per heavy atom. The highest BCUT2D eigenvalue weighted by molar-refractivity contribution is 5.69. The summed E-state index contributed by atoms with van der Waals surface area (Å²) in [6, 6.07) is 9.02. The molecular weight excluding hydrogens is 312 g/mol. The molecule has 0 aromatic heterocycles. The Bertz CT molecular complexity index is 604. The summed E-state index contributed by atoms with van der Waals surface area (Å²) in [5.41, 5.74) is 2.14. The predicted molar refractivity (Wildman–Crippen MR) is 101 cm³/mol. The van der Waals surface area contributed by atoms with Crippen molar-refractivity contribution in [3.8, 4) is 0 Å². The molecule has 0 bridgehead atoms. The zero-order valence-corrected chi connectivity index (χ0v) is 16.0. The molecule has 2 unspecified atom stereocenters. The number of hydrogen-bond acceptors (Lipinski definition) is 3. The van der Waals surface area contributed by atoms with Gasteiger partial charge in [-0.15, -0.1) is 0 Å². The molecule has 1 fully saturated rings. The van der Waals surface area contributed by atoms with Crippen LogP contribution in [0.2, 0.25) is 0 Å². The molecule has 4 nitrogen and oxygen atoms in total. The van der Waals surface area contributed by atoms with Gasteiger partial charge in [0.05, 0.1) is 6.04 Å². The van der Waals surface area contributed by atoms with Gasteiger partial charge in [-0.3, -0.25) is 4.90 Å². The number of ether oxygens (including phenoxy) is 1. The van der Waals surface area contributed by atoms with Crippen LogP contribution in [0.5, 0.6) is 0 Å². The summed E-state index contributed by atoms with van der Waals surface area (Å²) in [5, 5.41) is 3.66. The molecule has 3 rings (SSSR count). The van der Waals surface area contributed by atoms with Crippen molar-refractivity contribution in [2.45, 2.75) is 71.1 Å². The highest BCUT2D eigenvalue weighted by Gasteiger charge is 2.34. The van der Waals surface area contributed by atoms with Gasteiger partial charge in [0.25, 0.3) is 0 Å². The van der Waals surface area contributed by atoms with E-state index in [0.717, 1.165) is 25.4 Å². The number of carbonyl (C=O) groups excluding carboxylic acids is 1. The van der Waals surface area contributed by atoms with E-state index in [1.54, 1.807) is 0 Å². The third kappa shape index (κ3) is 4.97. The molecule has 1 aliphatic carbocycles. The van der Waals surface area contributed by atoms with Crippen LogP contribution in [0.15, 0.2) is 24.3 Å². The number of rotatable bonds is 5. The van der Waals surface area contributed by atoms with Gasteiger partial charge >= 0.3 is 6.09 Å². The average molecular weight is 344 g/mol. The van der Waals surface area contributed by atoms with E-state index >= 15 is 0 Å². The Kier molecular flexibility index (Phi) is 5.38. The molecule has 1 saturated carbocycles. The van der Waals surface area contributed by atoms with E-state index in [1.807, 2.05) is 25.7 Å². The maximum atomic E-state index is 12.7. The monoisotopic (exact) mass is 344 g/mol. The first kappa shape index (κ1) is 18.2. The molecule has 2 atom stereocenters. The summed E-state index contributed by atoms with van der Waals surface area (Å²) < 4.78 is 5.66. The molecule has 25 heavy (non-hydrogen) atoms. The highest BCUT2D eigenvalue weighted by atomic mass is 16.6. The molecule has 1 amide bonds. The fraction of sp³-hybridized carbons (Fsp3) is 0.667. The van der Waals surface area contributed by atoms with E-state index in [9.17, 15) is 4.79 Å². The lowest BCUT2D eigenvalue weighted by Gasteiger charge is -2.38. The standard InChI is InChI=1S/C21H32N2O2/c1-15(13-16-9-10-16)22-14-19-18-8-6-5-7-17(18)11-12-23(19)20(24)25-21(2,3)4/h5-8,15-16,19,22H,9-14H2,1-4H3. The van der Waals surface area contributed by atoms with Gasteiger partial charge in [0, 0.05) is 19.1 Å². The molecular formula is C21H32N2O2. The molecule has 4 heteroatoms. The van der Waals surface area contributed by atoms with Crippen molar-refractivity contribution in [1.29, 1.82) is 0 Å². The summed E-state index contributed by atoms with van der Waals surface area (Å²) >= 11 is 0. The van der Waals surface area contributed by atoms with E-state index in [0.29, 0.717) is 6.04 Å². The predicted octanol–water partition coefficient (Wildman–Crippen LogP) is 4.30. The summed E-state index contributed by atoms with van der Waals surface area (Å²) in [5.74, 6) is 0.906. The van der Waals surface area contributed by atoms with Crippen LogP contribution in [-0.2, 0) is 11.2 Å². The Balaban J connectivity index is 1.72. The minimum absolute atomic E-state index is 0.0430. The SMILES string of the molecule is CC(CC1CC1)NCC1c2ccccc2CCN1C(=O)OC(C)(C)C. The zero-order valence-electron chi connectivity index (χ0n) is 16.0. The molecule has 2 aliphatic rings. The zero-order chi connectivity index (χ0) is 18.0. The smallest absolute Gasteiger partial charge is 0.410 e. The van der Waals surface area contributed by atoms with E-state index in [-0.39, 0.29) is 12.1 Å². The maximum absolute atomic E-state index is 12.7. The first-order chi connectivity index (χ1) is 11.8. The Morgan fingerprint density at radius 1 is 1.32 bits per heavy atom. The molecule has 1 heterocycles. The number of amides is 1. The number of nitrogens with zero attached hydrogens (tertiary/aromatic N) is 1. The molecule has 0 spiro atoms. The van der Waals surface area contributed by atoms with E-state index in [4.69, 9.17) is 4.74 Å². The van der Waals surface area contributed by atoms with Gasteiger partial charge < -0.3 is 10.1 Å². The minimum atomic E-state index is -0.467. The molecule has 1 aliphatic heterocycles. The number of nitrogens with one attached hydrogen (secondary N) is 1. The van der Waals surface area contributed by atoms with Gasteiger partial charge in [-0.1, -0.05) is 37.1 Å². The number of benzene rings is 1. The van der Waals surface area contributed by atoms with Gasteiger partial charge in [-0.05, 0) is 57.6 Å². The highest BCUT2D eigenvalue weighted by Crippen LogP contribution is 2.34. The molecule has 138 valence electrons. The summed E-state index contributed by atoms with van der Waals surface area (Å²) in [4.78, 5) is 14.6. The van der Waals surface area contributed by atoms with Crippen LogP contribution in [0.1, 0.15) is 64.1 Å². The van der Waals surface area contributed by atoms with Gasteiger partial charge in [-0.25, -0.2) is 4.79 Å². The van der Waals surface area contributed by atoms with Crippen LogP contribution in [0.3, 0.4) is 0 Å². The van der Waals surface area contributed by atoms with Crippen LogP contribution in [0, 0.1) is 5.92 Å². The molecule has 1 aromatic carbocycles. The normalized spacial score (nSPS) is 21.6. The second-order valence-electron chi connectivity index (χ2n) is 8.63. The molecule has 0 saturated heterocycles. The van der Waals surface area contributed by atoms with E-state index < -0.39 is 5.60 Å². The molecule has 1 aromatic rings. The summed E-state index contributed by atoms with van der Waals surface area (Å²) in [6.45, 7) is 9.53. The lowest BCUT2D eigenvalue weighted by molar-refractivity contribution is 0.0139. The summed E-state index contributed by atoms with van der Waals surface area (Å²) in [6.07, 6.45) is 4.68. The van der Waals surface area contributed by atoms with Crippen molar-refractivity contribution in [1.82, 2.24) is 10.2 Å². The van der Waals surface area contributed by atoms with Crippen LogP contribution in [0.25, 0.3) is 0 Å². The average Bonchev–Trinajstić information content (AvgIpc) is 3.34. The third-order valence-corrected chi connectivity index (χ3v) is 5.08. The fourth-order valence-corrected chi connectivity index (χ4v) is 3.66. The number of hydrogen-bond donors (Lipinski definition) is 1. The second kappa shape index (κ2) is 7.36. The van der Waals surface area contributed by atoms with Crippen LogP contribution in [0.4, 0.5) is 4.79 Å². The molecule has 1 N–H and O–H groups in total. The van der Waals surface area contributed by atoms with Gasteiger partial charge in [0.2, 0.25) is 0 Å². The maximum Gasteiger partial charge on any atom is 0.410 e.